The van der Waals surface area contributed by atoms with Crippen LogP contribution >= 0.6 is 11.8 Å². The highest BCUT2D eigenvalue weighted by molar-refractivity contribution is 7.99. The van der Waals surface area contributed by atoms with E-state index in [0.717, 1.165) is 13.1 Å². The number of thioether (sulfide) groups is 1. The van der Waals surface area contributed by atoms with Crippen molar-refractivity contribution in [3.05, 3.63) is 17.8 Å². The first-order valence-corrected chi connectivity index (χ1v) is 7.06. The van der Waals surface area contributed by atoms with Crippen molar-refractivity contribution in [1.29, 1.82) is 0 Å². The Bertz CT molecular complexity index is 351. The van der Waals surface area contributed by atoms with Crippen molar-refractivity contribution in [3.63, 3.8) is 0 Å². The number of aromatic nitrogens is 1. The van der Waals surface area contributed by atoms with Crippen molar-refractivity contribution in [2.24, 2.45) is 0 Å². The van der Waals surface area contributed by atoms with Crippen LogP contribution in [0.2, 0.25) is 0 Å². The zero-order chi connectivity index (χ0) is 11.0. The van der Waals surface area contributed by atoms with Gasteiger partial charge in [0.15, 0.2) is 0 Å². The molecule has 3 heterocycles. The first-order chi connectivity index (χ1) is 7.83. The Balaban J connectivity index is 1.80. The van der Waals surface area contributed by atoms with Gasteiger partial charge in [-0.2, -0.15) is 0 Å². The number of fused-ring (bicyclic) bond motifs is 1. The molecule has 1 aromatic rings. The van der Waals surface area contributed by atoms with E-state index in [1.807, 2.05) is 11.8 Å². The van der Waals surface area contributed by atoms with E-state index in [-0.39, 0.29) is 0 Å². The molecule has 0 saturated carbocycles. The van der Waals surface area contributed by atoms with Gasteiger partial charge in [-0.1, -0.05) is 0 Å². The predicted octanol–water partition coefficient (Wildman–Crippen LogP) is 1.56. The Morgan fingerprint density at radius 2 is 2.38 bits per heavy atom. The lowest BCUT2D eigenvalue weighted by atomic mass is 10.1. The average molecular weight is 237 g/mol. The number of likely N-dealkylation sites (N-methyl/N-ethyl adjacent to an activating group) is 1. The summed E-state index contributed by atoms with van der Waals surface area (Å²) in [5.74, 6) is 1.28. The van der Waals surface area contributed by atoms with Crippen LogP contribution in [0.5, 0.6) is 0 Å². The Hall–Kier alpha value is -0.450. The van der Waals surface area contributed by atoms with E-state index in [1.54, 1.807) is 0 Å². The van der Waals surface area contributed by atoms with Crippen LogP contribution in [0.3, 0.4) is 0 Å². The van der Waals surface area contributed by atoms with Gasteiger partial charge >= 0.3 is 0 Å². The van der Waals surface area contributed by atoms with Crippen LogP contribution in [0.15, 0.2) is 17.3 Å². The van der Waals surface area contributed by atoms with E-state index in [9.17, 15) is 0 Å². The summed E-state index contributed by atoms with van der Waals surface area (Å²) in [4.78, 5) is 2.41. The smallest absolute Gasteiger partial charge is 0.0751 e. The summed E-state index contributed by atoms with van der Waals surface area (Å²) in [6, 6.07) is 2.90. The van der Waals surface area contributed by atoms with Gasteiger partial charge < -0.3 is 14.8 Å². The lowest BCUT2D eigenvalue weighted by Crippen LogP contribution is -2.43. The van der Waals surface area contributed by atoms with E-state index < -0.39 is 0 Å². The first kappa shape index (κ1) is 10.7. The Morgan fingerprint density at radius 3 is 3.19 bits per heavy atom. The van der Waals surface area contributed by atoms with E-state index in [1.165, 1.54) is 35.9 Å². The van der Waals surface area contributed by atoms with Gasteiger partial charge in [0.25, 0.3) is 0 Å². The highest BCUT2D eigenvalue weighted by Crippen LogP contribution is 2.29. The maximum Gasteiger partial charge on any atom is 0.0751 e. The van der Waals surface area contributed by atoms with Crippen LogP contribution in [0, 0.1) is 0 Å². The molecule has 0 aliphatic carbocycles. The van der Waals surface area contributed by atoms with Crippen LogP contribution in [-0.4, -0.2) is 41.9 Å². The van der Waals surface area contributed by atoms with Crippen molar-refractivity contribution < 1.29 is 0 Å². The molecule has 0 radical (unpaired) electrons. The Morgan fingerprint density at radius 1 is 1.44 bits per heavy atom. The zero-order valence-corrected chi connectivity index (χ0v) is 10.6. The Labute approximate surface area is 101 Å². The van der Waals surface area contributed by atoms with Crippen molar-refractivity contribution in [1.82, 2.24) is 14.8 Å². The zero-order valence-electron chi connectivity index (χ0n) is 9.78. The molecule has 16 heavy (non-hydrogen) atoms. The van der Waals surface area contributed by atoms with Crippen molar-refractivity contribution in [2.75, 3.05) is 32.4 Å². The maximum atomic E-state index is 3.61. The summed E-state index contributed by atoms with van der Waals surface area (Å²) in [5, 5.41) is 5.07. The fourth-order valence-corrected chi connectivity index (χ4v) is 3.54. The standard InChI is InChI=1S/C12H19N3S/c1-14-5-3-13-11(9-14)10-7-12-15(8-10)4-2-6-16-12/h7-8,11,13H,2-6,9H2,1H3. The van der Waals surface area contributed by atoms with E-state index in [2.05, 4.69) is 34.1 Å². The molecular formula is C12H19N3S. The summed E-state index contributed by atoms with van der Waals surface area (Å²) in [6.07, 6.45) is 3.65. The van der Waals surface area contributed by atoms with E-state index in [4.69, 9.17) is 0 Å². The average Bonchev–Trinajstić information content (AvgIpc) is 2.72. The van der Waals surface area contributed by atoms with Crippen LogP contribution in [-0.2, 0) is 6.54 Å². The molecule has 1 aromatic heterocycles. The SMILES string of the molecule is CN1CCNC(c2cc3n(c2)CCCS3)C1. The summed E-state index contributed by atoms with van der Waals surface area (Å²) < 4.78 is 2.42. The third kappa shape index (κ3) is 2.01. The third-order valence-corrected chi connectivity index (χ3v) is 4.59. The minimum absolute atomic E-state index is 0.525. The molecule has 2 aliphatic rings. The predicted molar refractivity (Wildman–Crippen MR) is 68.0 cm³/mol. The first-order valence-electron chi connectivity index (χ1n) is 6.08. The van der Waals surface area contributed by atoms with Crippen LogP contribution in [0.4, 0.5) is 0 Å². The highest BCUT2D eigenvalue weighted by Gasteiger charge is 2.21. The molecule has 1 atom stereocenters. The number of aryl methyl sites for hydroxylation is 1. The molecule has 1 unspecified atom stereocenters. The quantitative estimate of drug-likeness (QED) is 0.800. The van der Waals surface area contributed by atoms with Crippen LogP contribution in [0.25, 0.3) is 0 Å². The molecule has 0 aromatic carbocycles. The molecule has 0 bridgehead atoms. The lowest BCUT2D eigenvalue weighted by Gasteiger charge is -2.30. The molecule has 88 valence electrons. The molecule has 0 spiro atoms. The summed E-state index contributed by atoms with van der Waals surface area (Å²) in [6.45, 7) is 4.60. The van der Waals surface area contributed by atoms with E-state index in [0.29, 0.717) is 6.04 Å². The van der Waals surface area contributed by atoms with Gasteiger partial charge in [-0.05, 0) is 25.1 Å². The van der Waals surface area contributed by atoms with Gasteiger partial charge in [0.2, 0.25) is 0 Å². The molecule has 2 aliphatic heterocycles. The molecule has 3 rings (SSSR count). The molecule has 1 saturated heterocycles. The molecule has 0 amide bonds. The Kier molecular flexibility index (Phi) is 2.96. The second-order valence-corrected chi connectivity index (χ2v) is 5.89. The van der Waals surface area contributed by atoms with E-state index >= 15 is 0 Å². The fourth-order valence-electron chi connectivity index (χ4n) is 2.53. The largest absolute Gasteiger partial charge is 0.342 e. The van der Waals surface area contributed by atoms with Crippen molar-refractivity contribution >= 4 is 11.8 Å². The van der Waals surface area contributed by atoms with Gasteiger partial charge in [0.1, 0.15) is 0 Å². The number of nitrogens with zero attached hydrogens (tertiary/aromatic N) is 2. The normalized spacial score (nSPS) is 26.7. The number of rotatable bonds is 1. The fraction of sp³-hybridized carbons (Fsp3) is 0.667. The molecule has 1 fully saturated rings. The van der Waals surface area contributed by atoms with Crippen molar-refractivity contribution in [2.45, 2.75) is 24.0 Å². The highest BCUT2D eigenvalue weighted by atomic mass is 32.2. The molecule has 4 heteroatoms. The molecule has 3 nitrogen and oxygen atoms in total. The van der Waals surface area contributed by atoms with Gasteiger partial charge in [-0.25, -0.2) is 0 Å². The van der Waals surface area contributed by atoms with Gasteiger partial charge in [-0.3, -0.25) is 0 Å². The molecule has 1 N–H and O–H groups in total. The van der Waals surface area contributed by atoms with Crippen LogP contribution in [0.1, 0.15) is 18.0 Å². The minimum atomic E-state index is 0.525. The minimum Gasteiger partial charge on any atom is -0.342 e. The van der Waals surface area contributed by atoms with Crippen molar-refractivity contribution in [3.8, 4) is 0 Å². The number of hydrogen-bond acceptors (Lipinski definition) is 3. The number of hydrogen-bond donors (Lipinski definition) is 1. The van der Waals surface area contributed by atoms with Gasteiger partial charge in [0.05, 0.1) is 5.03 Å². The lowest BCUT2D eigenvalue weighted by molar-refractivity contribution is 0.241. The number of piperazine rings is 1. The van der Waals surface area contributed by atoms with Crippen LogP contribution < -0.4 is 5.32 Å². The topological polar surface area (TPSA) is 20.2 Å². The summed E-state index contributed by atoms with van der Waals surface area (Å²) in [7, 11) is 2.21. The second kappa shape index (κ2) is 4.43. The monoisotopic (exact) mass is 237 g/mol. The summed E-state index contributed by atoms with van der Waals surface area (Å²) >= 11 is 2.00. The molecular weight excluding hydrogens is 218 g/mol. The summed E-state index contributed by atoms with van der Waals surface area (Å²) in [5.41, 5.74) is 1.47. The van der Waals surface area contributed by atoms with Gasteiger partial charge in [-0.15, -0.1) is 11.8 Å². The third-order valence-electron chi connectivity index (χ3n) is 3.45. The number of nitrogens with one attached hydrogen (secondary N) is 1. The van der Waals surface area contributed by atoms with Gasteiger partial charge in [0, 0.05) is 44.2 Å². The maximum absolute atomic E-state index is 3.61. The second-order valence-electron chi connectivity index (χ2n) is 4.78.